The van der Waals surface area contributed by atoms with Crippen molar-refractivity contribution in [3.8, 4) is 0 Å². The monoisotopic (exact) mass is 216 g/mol. The van der Waals surface area contributed by atoms with Crippen molar-refractivity contribution in [2.45, 2.75) is 37.8 Å². The molecule has 15 heavy (non-hydrogen) atoms. The molecular formula is C10H20N2O3. The fourth-order valence-corrected chi connectivity index (χ4v) is 1.67. The average Bonchev–Trinajstić information content (AvgIpc) is 2.64. The first kappa shape index (κ1) is 12.4. The van der Waals surface area contributed by atoms with Crippen molar-refractivity contribution in [1.29, 1.82) is 0 Å². The highest BCUT2D eigenvalue weighted by Gasteiger charge is 2.27. The summed E-state index contributed by atoms with van der Waals surface area (Å²) < 4.78 is 0. The van der Waals surface area contributed by atoms with E-state index < -0.39 is 6.10 Å². The van der Waals surface area contributed by atoms with Crippen LogP contribution in [-0.4, -0.2) is 48.0 Å². The molecule has 2 unspecified atom stereocenters. The van der Waals surface area contributed by atoms with Crippen LogP contribution in [0, 0.1) is 0 Å². The van der Waals surface area contributed by atoms with Crippen LogP contribution >= 0.6 is 0 Å². The van der Waals surface area contributed by atoms with Gasteiger partial charge in [-0.15, -0.1) is 0 Å². The number of hydrogen-bond donors (Lipinski definition) is 4. The lowest BCUT2D eigenvalue weighted by molar-refractivity contribution is -0.122. The third kappa shape index (κ3) is 4.59. The highest BCUT2D eigenvalue weighted by molar-refractivity contribution is 5.82. The van der Waals surface area contributed by atoms with Crippen molar-refractivity contribution in [3.05, 3.63) is 0 Å². The summed E-state index contributed by atoms with van der Waals surface area (Å²) in [6, 6.07) is -0.238. The van der Waals surface area contributed by atoms with Gasteiger partial charge in [-0.3, -0.25) is 4.79 Å². The van der Waals surface area contributed by atoms with Crippen LogP contribution in [0.2, 0.25) is 0 Å². The van der Waals surface area contributed by atoms with Gasteiger partial charge in [0.15, 0.2) is 0 Å². The zero-order chi connectivity index (χ0) is 11.1. The summed E-state index contributed by atoms with van der Waals surface area (Å²) in [5.74, 6) is -0.0319. The van der Waals surface area contributed by atoms with E-state index in [1.807, 2.05) is 0 Å². The first-order valence-electron chi connectivity index (χ1n) is 5.54. The summed E-state index contributed by atoms with van der Waals surface area (Å²) in [6.45, 7) is 1.36. The predicted octanol–water partition coefficient (Wildman–Crippen LogP) is -1.01. The first-order chi connectivity index (χ1) is 7.24. The van der Waals surface area contributed by atoms with Crippen LogP contribution in [0.5, 0.6) is 0 Å². The Labute approximate surface area is 89.9 Å². The molecule has 0 aliphatic carbocycles. The number of carbonyl (C=O) groups is 1. The number of aliphatic hydroxyl groups is 2. The zero-order valence-electron chi connectivity index (χ0n) is 8.91. The van der Waals surface area contributed by atoms with Gasteiger partial charge in [-0.2, -0.15) is 0 Å². The van der Waals surface area contributed by atoms with Gasteiger partial charge in [-0.1, -0.05) is 0 Å². The summed E-state index contributed by atoms with van der Waals surface area (Å²) in [5, 5.41) is 23.5. The SMILES string of the molecule is O=C(NCCCCCO)C1CC(O)CN1. The van der Waals surface area contributed by atoms with Crippen molar-refractivity contribution in [2.24, 2.45) is 0 Å². The van der Waals surface area contributed by atoms with Crippen molar-refractivity contribution in [2.75, 3.05) is 19.7 Å². The van der Waals surface area contributed by atoms with Crippen LogP contribution in [0.4, 0.5) is 0 Å². The third-order valence-corrected chi connectivity index (χ3v) is 2.56. The summed E-state index contributed by atoms with van der Waals surface area (Å²) in [6.07, 6.45) is 2.72. The molecule has 1 rings (SSSR count). The lowest BCUT2D eigenvalue weighted by Crippen LogP contribution is -2.40. The maximum Gasteiger partial charge on any atom is 0.237 e. The van der Waals surface area contributed by atoms with Gasteiger partial charge in [0, 0.05) is 19.7 Å². The first-order valence-corrected chi connectivity index (χ1v) is 5.54. The van der Waals surface area contributed by atoms with Crippen LogP contribution in [0.3, 0.4) is 0 Å². The van der Waals surface area contributed by atoms with Crippen LogP contribution in [0.25, 0.3) is 0 Å². The fraction of sp³-hybridized carbons (Fsp3) is 0.900. The minimum Gasteiger partial charge on any atom is -0.396 e. The van der Waals surface area contributed by atoms with Gasteiger partial charge in [-0.25, -0.2) is 0 Å². The molecule has 4 N–H and O–H groups in total. The Kier molecular flexibility index (Phi) is 5.60. The molecule has 0 bridgehead atoms. The minimum absolute atomic E-state index is 0.0319. The van der Waals surface area contributed by atoms with Gasteiger partial charge >= 0.3 is 0 Å². The molecule has 1 aliphatic heterocycles. The van der Waals surface area contributed by atoms with Crippen LogP contribution in [0.15, 0.2) is 0 Å². The van der Waals surface area contributed by atoms with E-state index in [4.69, 9.17) is 5.11 Å². The molecular weight excluding hydrogens is 196 g/mol. The van der Waals surface area contributed by atoms with E-state index in [1.165, 1.54) is 0 Å². The molecule has 1 heterocycles. The number of aliphatic hydroxyl groups excluding tert-OH is 2. The van der Waals surface area contributed by atoms with Crippen molar-refractivity contribution in [1.82, 2.24) is 10.6 Å². The van der Waals surface area contributed by atoms with Gasteiger partial charge in [0.05, 0.1) is 12.1 Å². The van der Waals surface area contributed by atoms with Gasteiger partial charge in [0.25, 0.3) is 0 Å². The highest BCUT2D eigenvalue weighted by atomic mass is 16.3. The predicted molar refractivity (Wildman–Crippen MR) is 56.4 cm³/mol. The molecule has 0 aromatic heterocycles. The number of β-amino-alcohol motifs (C(OH)–C–C–N with tert-alkyl or cyclic N) is 1. The van der Waals surface area contributed by atoms with Gasteiger partial charge < -0.3 is 20.8 Å². The number of amides is 1. The van der Waals surface area contributed by atoms with E-state index in [-0.39, 0.29) is 18.6 Å². The zero-order valence-corrected chi connectivity index (χ0v) is 8.91. The normalized spacial score (nSPS) is 25.5. The molecule has 5 heteroatoms. The Hall–Kier alpha value is -0.650. The number of hydrogen-bond acceptors (Lipinski definition) is 4. The van der Waals surface area contributed by atoms with Gasteiger partial charge in [0.2, 0.25) is 5.91 Å². The number of carbonyl (C=O) groups excluding carboxylic acids is 1. The Bertz CT molecular complexity index is 199. The lowest BCUT2D eigenvalue weighted by atomic mass is 10.2. The fourth-order valence-electron chi connectivity index (χ4n) is 1.67. The van der Waals surface area contributed by atoms with Crippen molar-refractivity contribution >= 4 is 5.91 Å². The largest absolute Gasteiger partial charge is 0.396 e. The summed E-state index contributed by atoms with van der Waals surface area (Å²) >= 11 is 0. The molecule has 1 fully saturated rings. The van der Waals surface area contributed by atoms with E-state index >= 15 is 0 Å². The molecule has 1 amide bonds. The van der Waals surface area contributed by atoms with E-state index in [0.29, 0.717) is 19.5 Å². The lowest BCUT2D eigenvalue weighted by Gasteiger charge is -2.10. The van der Waals surface area contributed by atoms with Gasteiger partial charge in [0.1, 0.15) is 0 Å². The molecule has 1 saturated heterocycles. The Morgan fingerprint density at radius 2 is 2.20 bits per heavy atom. The van der Waals surface area contributed by atoms with Crippen molar-refractivity contribution < 1.29 is 15.0 Å². The van der Waals surface area contributed by atoms with E-state index in [1.54, 1.807) is 0 Å². The number of rotatable bonds is 6. The average molecular weight is 216 g/mol. The number of nitrogens with one attached hydrogen (secondary N) is 2. The second kappa shape index (κ2) is 6.76. The Morgan fingerprint density at radius 3 is 2.80 bits per heavy atom. The number of unbranched alkanes of at least 4 members (excludes halogenated alkanes) is 2. The summed E-state index contributed by atoms with van der Waals surface area (Å²) in [7, 11) is 0. The van der Waals surface area contributed by atoms with Gasteiger partial charge in [-0.05, 0) is 25.7 Å². The second-order valence-electron chi connectivity index (χ2n) is 3.93. The van der Waals surface area contributed by atoms with Crippen molar-refractivity contribution in [3.63, 3.8) is 0 Å². The molecule has 2 atom stereocenters. The highest BCUT2D eigenvalue weighted by Crippen LogP contribution is 2.05. The standard InChI is InChI=1S/C10H20N2O3/c13-5-3-1-2-4-11-10(15)9-6-8(14)7-12-9/h8-9,12-14H,1-7H2,(H,11,15). The van der Waals surface area contributed by atoms with Crippen LogP contribution in [-0.2, 0) is 4.79 Å². The van der Waals surface area contributed by atoms with Crippen LogP contribution in [0.1, 0.15) is 25.7 Å². The van der Waals surface area contributed by atoms with Crippen LogP contribution < -0.4 is 10.6 Å². The van der Waals surface area contributed by atoms with E-state index in [2.05, 4.69) is 10.6 Å². The molecule has 0 radical (unpaired) electrons. The minimum atomic E-state index is -0.393. The van der Waals surface area contributed by atoms with E-state index in [9.17, 15) is 9.90 Å². The summed E-state index contributed by atoms with van der Waals surface area (Å²) in [5.41, 5.74) is 0. The molecule has 1 aliphatic rings. The molecule has 0 saturated carbocycles. The topological polar surface area (TPSA) is 81.6 Å². The maximum atomic E-state index is 11.5. The maximum absolute atomic E-state index is 11.5. The Balaban J connectivity index is 2.03. The molecule has 88 valence electrons. The third-order valence-electron chi connectivity index (χ3n) is 2.56. The molecule has 0 aromatic carbocycles. The quantitative estimate of drug-likeness (QED) is 0.429. The molecule has 0 aromatic rings. The summed E-state index contributed by atoms with van der Waals surface area (Å²) in [4.78, 5) is 11.5. The smallest absolute Gasteiger partial charge is 0.237 e. The van der Waals surface area contributed by atoms with E-state index in [0.717, 1.165) is 19.3 Å². The second-order valence-corrected chi connectivity index (χ2v) is 3.93. The Morgan fingerprint density at radius 1 is 1.40 bits per heavy atom. The molecule has 0 spiro atoms. The molecule has 5 nitrogen and oxygen atoms in total.